The maximum Gasteiger partial charge on any atom is 0.146 e. The van der Waals surface area contributed by atoms with Crippen LogP contribution in [0.15, 0.2) is 36.7 Å². The van der Waals surface area contributed by atoms with Crippen molar-refractivity contribution in [2.75, 3.05) is 0 Å². The summed E-state index contributed by atoms with van der Waals surface area (Å²) < 4.78 is 0. The van der Waals surface area contributed by atoms with Crippen molar-refractivity contribution in [2.24, 2.45) is 0 Å². The first-order valence-electron chi connectivity index (χ1n) is 13.8. The van der Waals surface area contributed by atoms with Crippen molar-refractivity contribution in [3.63, 3.8) is 0 Å². The van der Waals surface area contributed by atoms with Crippen LogP contribution in [0.2, 0.25) is 33.2 Å². The summed E-state index contributed by atoms with van der Waals surface area (Å²) in [5.41, 5.74) is 15.0. The zero-order valence-corrected chi connectivity index (χ0v) is 26.8. The van der Waals surface area contributed by atoms with Crippen LogP contribution in [0.4, 0.5) is 0 Å². The standard InChI is InChI=1S/C32H48N2Si2/c1-23(2)35(24(3)4,25(5)6)19-17-29-13-15-31(33-21-29)32-16-14-30(22-34-32)18-20-36(26(7)8,27(9)10)28(11)12/h13-16,21-28H,1-12H3. The summed E-state index contributed by atoms with van der Waals surface area (Å²) in [5.74, 6) is 6.98. The minimum atomic E-state index is -1.75. The van der Waals surface area contributed by atoms with Crippen molar-refractivity contribution >= 4 is 16.1 Å². The smallest absolute Gasteiger partial charge is 0.146 e. The fourth-order valence-corrected chi connectivity index (χ4v) is 16.9. The molecule has 0 aliphatic rings. The van der Waals surface area contributed by atoms with E-state index < -0.39 is 16.1 Å². The summed E-state index contributed by atoms with van der Waals surface area (Å²) in [4.78, 5) is 9.38. The Labute approximate surface area is 224 Å². The van der Waals surface area contributed by atoms with Gasteiger partial charge in [0.25, 0.3) is 0 Å². The van der Waals surface area contributed by atoms with E-state index in [0.717, 1.165) is 22.5 Å². The Balaban J connectivity index is 2.30. The molecule has 0 aliphatic heterocycles. The van der Waals surface area contributed by atoms with Crippen LogP contribution in [-0.2, 0) is 0 Å². The molecule has 0 atom stereocenters. The number of hydrogen-bond donors (Lipinski definition) is 0. The first kappa shape index (κ1) is 30.1. The lowest BCUT2D eigenvalue weighted by Gasteiger charge is -2.38. The van der Waals surface area contributed by atoms with Gasteiger partial charge in [-0.1, -0.05) is 94.9 Å². The molecule has 0 aromatic carbocycles. The van der Waals surface area contributed by atoms with Gasteiger partial charge in [-0.3, -0.25) is 9.97 Å². The van der Waals surface area contributed by atoms with E-state index in [1.807, 2.05) is 24.5 Å². The van der Waals surface area contributed by atoms with Crippen molar-refractivity contribution in [3.05, 3.63) is 47.8 Å². The second-order valence-corrected chi connectivity index (χ2v) is 23.3. The molecule has 0 radical (unpaired) electrons. The van der Waals surface area contributed by atoms with Crippen LogP contribution >= 0.6 is 0 Å². The molecule has 0 spiro atoms. The van der Waals surface area contributed by atoms with E-state index in [4.69, 9.17) is 0 Å². The van der Waals surface area contributed by atoms with Crippen molar-refractivity contribution < 1.29 is 0 Å². The zero-order chi connectivity index (χ0) is 27.3. The normalized spacial score (nSPS) is 12.4. The van der Waals surface area contributed by atoms with E-state index >= 15 is 0 Å². The minimum Gasteiger partial charge on any atom is -0.253 e. The third kappa shape index (κ3) is 6.21. The van der Waals surface area contributed by atoms with Crippen molar-refractivity contribution in [1.29, 1.82) is 0 Å². The molecule has 4 heteroatoms. The molecule has 0 saturated heterocycles. The molecule has 0 N–H and O–H groups in total. The molecule has 2 heterocycles. The highest BCUT2D eigenvalue weighted by Crippen LogP contribution is 2.41. The monoisotopic (exact) mass is 516 g/mol. The van der Waals surface area contributed by atoms with Crippen LogP contribution in [0.5, 0.6) is 0 Å². The van der Waals surface area contributed by atoms with E-state index in [-0.39, 0.29) is 0 Å². The highest BCUT2D eigenvalue weighted by molar-refractivity contribution is 6.91. The Bertz CT molecular complexity index is 968. The zero-order valence-electron chi connectivity index (χ0n) is 24.8. The molecule has 0 aliphatic carbocycles. The van der Waals surface area contributed by atoms with Gasteiger partial charge in [0.05, 0.1) is 11.4 Å². The molecule has 2 aromatic heterocycles. The quantitative estimate of drug-likeness (QED) is 0.271. The first-order chi connectivity index (χ1) is 16.8. The highest BCUT2D eigenvalue weighted by Gasteiger charge is 2.42. The number of pyridine rings is 2. The van der Waals surface area contributed by atoms with Crippen LogP contribution in [0, 0.1) is 22.9 Å². The summed E-state index contributed by atoms with van der Waals surface area (Å²) in [6, 6.07) is 8.24. The van der Waals surface area contributed by atoms with Crippen LogP contribution in [0.25, 0.3) is 11.4 Å². The Hall–Kier alpha value is -2.15. The summed E-state index contributed by atoms with van der Waals surface area (Å²) >= 11 is 0. The molecule has 2 aromatic rings. The fraction of sp³-hybridized carbons (Fsp3) is 0.562. The SMILES string of the molecule is CC(C)[Si](C#Cc1ccc(-c2ccc(C#C[Si](C(C)C)(C(C)C)C(C)C)cn2)nc1)(C(C)C)C(C)C. The second kappa shape index (κ2) is 12.4. The Morgan fingerprint density at radius 2 is 0.750 bits per heavy atom. The van der Waals surface area contributed by atoms with Crippen LogP contribution in [-0.4, -0.2) is 26.1 Å². The van der Waals surface area contributed by atoms with Crippen molar-refractivity contribution in [1.82, 2.24) is 9.97 Å². The van der Waals surface area contributed by atoms with Gasteiger partial charge >= 0.3 is 0 Å². The lowest BCUT2D eigenvalue weighted by molar-refractivity contribution is 0.838. The van der Waals surface area contributed by atoms with Gasteiger partial charge in [0.1, 0.15) is 16.1 Å². The molecular weight excluding hydrogens is 469 g/mol. The van der Waals surface area contributed by atoms with Gasteiger partial charge in [-0.2, -0.15) is 0 Å². The highest BCUT2D eigenvalue weighted by atomic mass is 28.3. The largest absolute Gasteiger partial charge is 0.253 e. The van der Waals surface area contributed by atoms with Gasteiger partial charge in [-0.05, 0) is 57.5 Å². The number of nitrogens with zero attached hydrogens (tertiary/aromatic N) is 2. The summed E-state index contributed by atoms with van der Waals surface area (Å²) in [6.07, 6.45) is 3.79. The average molecular weight is 517 g/mol. The van der Waals surface area contributed by atoms with Crippen molar-refractivity contribution in [3.8, 4) is 34.3 Å². The van der Waals surface area contributed by atoms with Gasteiger partial charge in [0.15, 0.2) is 0 Å². The summed E-state index contributed by atoms with van der Waals surface area (Å²) in [6.45, 7) is 28.2. The maximum absolute atomic E-state index is 4.69. The predicted octanol–water partition coefficient (Wildman–Crippen LogP) is 9.28. The summed E-state index contributed by atoms with van der Waals surface area (Å²) in [5, 5.41) is 0. The number of aromatic nitrogens is 2. The van der Waals surface area contributed by atoms with E-state index in [1.54, 1.807) is 0 Å². The first-order valence-corrected chi connectivity index (χ1v) is 18.2. The van der Waals surface area contributed by atoms with E-state index in [2.05, 4.69) is 128 Å². The molecule has 0 saturated carbocycles. The van der Waals surface area contributed by atoms with E-state index in [1.165, 1.54) is 0 Å². The third-order valence-electron chi connectivity index (χ3n) is 8.37. The average Bonchev–Trinajstić information content (AvgIpc) is 2.79. The minimum absolute atomic E-state index is 0.623. The Kier molecular flexibility index (Phi) is 10.4. The molecule has 2 rings (SSSR count). The van der Waals surface area contributed by atoms with Gasteiger partial charge in [0, 0.05) is 23.5 Å². The van der Waals surface area contributed by atoms with Gasteiger partial charge in [0.2, 0.25) is 0 Å². The molecule has 36 heavy (non-hydrogen) atoms. The van der Waals surface area contributed by atoms with Gasteiger partial charge < -0.3 is 0 Å². The maximum atomic E-state index is 4.69. The Morgan fingerprint density at radius 3 is 0.944 bits per heavy atom. The molecule has 194 valence electrons. The molecule has 0 bridgehead atoms. The molecule has 0 amide bonds. The van der Waals surface area contributed by atoms with Crippen molar-refractivity contribution in [2.45, 2.75) is 116 Å². The lowest BCUT2D eigenvalue weighted by atomic mass is 10.2. The topological polar surface area (TPSA) is 25.8 Å². The molecule has 0 unspecified atom stereocenters. The van der Waals surface area contributed by atoms with Crippen LogP contribution in [0.1, 0.15) is 94.2 Å². The lowest BCUT2D eigenvalue weighted by Crippen LogP contribution is -2.43. The fourth-order valence-electron chi connectivity index (χ4n) is 6.47. The predicted molar refractivity (Wildman–Crippen MR) is 163 cm³/mol. The number of rotatable bonds is 7. The number of hydrogen-bond acceptors (Lipinski definition) is 2. The molecule has 2 nitrogen and oxygen atoms in total. The third-order valence-corrected chi connectivity index (χ3v) is 20.9. The van der Waals surface area contributed by atoms with Crippen LogP contribution < -0.4 is 0 Å². The van der Waals surface area contributed by atoms with Crippen LogP contribution in [0.3, 0.4) is 0 Å². The van der Waals surface area contributed by atoms with E-state index in [0.29, 0.717) is 33.2 Å². The van der Waals surface area contributed by atoms with Gasteiger partial charge in [-0.15, -0.1) is 11.1 Å². The van der Waals surface area contributed by atoms with E-state index in [9.17, 15) is 0 Å². The summed E-state index contributed by atoms with van der Waals surface area (Å²) in [7, 11) is -3.50. The molecular formula is C32H48N2Si2. The molecule has 0 fully saturated rings. The van der Waals surface area contributed by atoms with Gasteiger partial charge in [-0.25, -0.2) is 0 Å². The second-order valence-electron chi connectivity index (χ2n) is 12.2. The Morgan fingerprint density at radius 1 is 0.472 bits per heavy atom.